The number of aryl methyl sites for hydroxylation is 1. The van der Waals surface area contributed by atoms with Gasteiger partial charge in [0.2, 0.25) is 11.8 Å². The third kappa shape index (κ3) is 3.38. The van der Waals surface area contributed by atoms with E-state index in [9.17, 15) is 9.59 Å². The van der Waals surface area contributed by atoms with Crippen LogP contribution in [-0.2, 0) is 9.59 Å². The Kier molecular flexibility index (Phi) is 5.12. The van der Waals surface area contributed by atoms with Gasteiger partial charge in [-0.3, -0.25) is 9.59 Å². The first-order valence-corrected chi connectivity index (χ1v) is 10.3. The summed E-state index contributed by atoms with van der Waals surface area (Å²) < 4.78 is 4.93. The molecule has 26 heavy (non-hydrogen) atoms. The Labute approximate surface area is 159 Å². The largest absolute Gasteiger partial charge is 0.360 e. The minimum atomic E-state index is -0.343. The van der Waals surface area contributed by atoms with Crippen molar-refractivity contribution in [3.05, 3.63) is 11.8 Å². The van der Waals surface area contributed by atoms with E-state index in [4.69, 9.17) is 4.52 Å². The van der Waals surface area contributed by atoms with Crippen molar-refractivity contribution in [2.75, 3.05) is 11.1 Å². The molecule has 144 valence electrons. The van der Waals surface area contributed by atoms with Gasteiger partial charge in [-0.2, -0.15) is 0 Å². The molecule has 2 amide bonds. The molecule has 0 radical (unpaired) electrons. The maximum Gasteiger partial charge on any atom is 0.238 e. The van der Waals surface area contributed by atoms with E-state index in [2.05, 4.69) is 36.6 Å². The van der Waals surface area contributed by atoms with Crippen LogP contribution in [0, 0.1) is 23.7 Å². The lowest BCUT2D eigenvalue weighted by Gasteiger charge is -2.39. The Hall–Kier alpha value is -1.50. The van der Waals surface area contributed by atoms with Gasteiger partial charge < -0.3 is 15.2 Å². The zero-order valence-electron chi connectivity index (χ0n) is 16.2. The number of hydrogen-bond acceptors (Lipinski definition) is 5. The predicted molar refractivity (Wildman–Crippen MR) is 103 cm³/mol. The summed E-state index contributed by atoms with van der Waals surface area (Å²) in [5, 5.41) is 9.34. The Bertz CT molecular complexity index is 702. The van der Waals surface area contributed by atoms with E-state index in [1.807, 2.05) is 0 Å². The van der Waals surface area contributed by atoms with Crippen LogP contribution in [0.5, 0.6) is 0 Å². The van der Waals surface area contributed by atoms with Gasteiger partial charge in [0.1, 0.15) is 5.76 Å². The molecule has 2 N–H and O–H groups in total. The molecule has 0 spiro atoms. The summed E-state index contributed by atoms with van der Waals surface area (Å²) in [5.41, 5.74) is 0.451. The molecule has 3 rings (SSSR count). The van der Waals surface area contributed by atoms with E-state index >= 15 is 0 Å². The van der Waals surface area contributed by atoms with Crippen molar-refractivity contribution in [1.29, 1.82) is 0 Å². The number of hydrogen-bond donors (Lipinski definition) is 2. The number of nitrogens with one attached hydrogen (secondary N) is 2. The van der Waals surface area contributed by atoms with E-state index in [-0.39, 0.29) is 39.7 Å². The van der Waals surface area contributed by atoms with Crippen LogP contribution < -0.4 is 10.6 Å². The van der Waals surface area contributed by atoms with Gasteiger partial charge in [0.25, 0.3) is 0 Å². The van der Waals surface area contributed by atoms with Gasteiger partial charge in [0.05, 0.1) is 11.0 Å². The van der Waals surface area contributed by atoms with Crippen molar-refractivity contribution < 1.29 is 14.1 Å². The predicted octanol–water partition coefficient (Wildman–Crippen LogP) is 3.37. The SMILES string of the molecule is Cc1cc(NC(=O)[C@H](C)SCC(=O)N[C@H]2C[C@@H]3CC[C@@]2(C)C3(C)C)no1. The number of amides is 2. The Morgan fingerprint density at radius 1 is 1.42 bits per heavy atom. The van der Waals surface area contributed by atoms with Crippen molar-refractivity contribution in [2.24, 2.45) is 16.7 Å². The lowest BCUT2D eigenvalue weighted by molar-refractivity contribution is -0.120. The van der Waals surface area contributed by atoms with Crippen LogP contribution >= 0.6 is 11.8 Å². The number of anilines is 1. The normalized spacial score (nSPS) is 30.2. The molecule has 2 fully saturated rings. The molecule has 2 aliphatic rings. The van der Waals surface area contributed by atoms with Crippen molar-refractivity contribution in [2.45, 2.75) is 65.2 Å². The van der Waals surface area contributed by atoms with E-state index in [0.29, 0.717) is 17.5 Å². The molecule has 2 saturated carbocycles. The first kappa shape index (κ1) is 19.3. The summed E-state index contributed by atoms with van der Waals surface area (Å²) in [6.45, 7) is 10.5. The van der Waals surface area contributed by atoms with Gasteiger partial charge in [0.15, 0.2) is 5.82 Å². The number of nitrogens with zero attached hydrogens (tertiary/aromatic N) is 1. The number of fused-ring (bicyclic) bond motifs is 2. The monoisotopic (exact) mass is 379 g/mol. The van der Waals surface area contributed by atoms with Crippen LogP contribution in [-0.4, -0.2) is 34.0 Å². The summed E-state index contributed by atoms with van der Waals surface area (Å²) >= 11 is 1.34. The zero-order valence-corrected chi connectivity index (χ0v) is 17.0. The maximum atomic E-state index is 12.4. The second-order valence-electron chi connectivity index (χ2n) is 8.50. The van der Waals surface area contributed by atoms with Gasteiger partial charge in [-0.15, -0.1) is 11.8 Å². The Balaban J connectivity index is 1.46. The quantitative estimate of drug-likeness (QED) is 0.792. The van der Waals surface area contributed by atoms with E-state index in [1.165, 1.54) is 24.6 Å². The molecular formula is C19H29N3O3S. The van der Waals surface area contributed by atoms with Gasteiger partial charge >= 0.3 is 0 Å². The van der Waals surface area contributed by atoms with Gasteiger partial charge in [-0.05, 0) is 49.9 Å². The van der Waals surface area contributed by atoms with E-state index in [1.54, 1.807) is 19.9 Å². The standard InChI is InChI=1S/C19H29N3O3S/c1-11-8-15(22-25-11)21-17(24)12(2)26-10-16(23)20-14-9-13-6-7-19(14,5)18(13,3)4/h8,12-14H,6-7,9-10H2,1-5H3,(H,20,23)(H,21,22,24)/t12-,13-,14-,19+/m0/s1. The first-order chi connectivity index (χ1) is 12.1. The van der Waals surface area contributed by atoms with Gasteiger partial charge in [-0.25, -0.2) is 0 Å². The Morgan fingerprint density at radius 3 is 2.69 bits per heavy atom. The molecule has 1 aromatic rings. The fourth-order valence-electron chi connectivity index (χ4n) is 4.59. The molecule has 0 saturated heterocycles. The Morgan fingerprint density at radius 2 is 2.15 bits per heavy atom. The maximum absolute atomic E-state index is 12.4. The fourth-order valence-corrected chi connectivity index (χ4v) is 5.28. The number of carbonyl (C=O) groups excluding carboxylic acids is 2. The van der Waals surface area contributed by atoms with Crippen LogP contribution in [0.1, 0.15) is 52.7 Å². The molecule has 2 bridgehead atoms. The average molecular weight is 380 g/mol. The fraction of sp³-hybridized carbons (Fsp3) is 0.737. The molecule has 2 aliphatic carbocycles. The van der Waals surface area contributed by atoms with Crippen molar-refractivity contribution in [3.63, 3.8) is 0 Å². The molecule has 1 aromatic heterocycles. The molecule has 1 heterocycles. The van der Waals surface area contributed by atoms with Crippen LogP contribution in [0.25, 0.3) is 0 Å². The zero-order chi connectivity index (χ0) is 19.1. The van der Waals surface area contributed by atoms with Gasteiger partial charge in [0, 0.05) is 12.1 Å². The second-order valence-corrected chi connectivity index (χ2v) is 9.82. The minimum absolute atomic E-state index is 0.0153. The van der Waals surface area contributed by atoms with Crippen LogP contribution in [0.15, 0.2) is 10.6 Å². The number of rotatable bonds is 6. The third-order valence-electron chi connectivity index (χ3n) is 6.84. The highest BCUT2D eigenvalue weighted by Crippen LogP contribution is 2.65. The summed E-state index contributed by atoms with van der Waals surface area (Å²) in [4.78, 5) is 24.6. The first-order valence-electron chi connectivity index (χ1n) is 9.28. The number of thioether (sulfide) groups is 1. The highest BCUT2D eigenvalue weighted by molar-refractivity contribution is 8.01. The second kappa shape index (κ2) is 6.91. The number of carbonyl (C=O) groups is 2. The van der Waals surface area contributed by atoms with Crippen molar-refractivity contribution in [3.8, 4) is 0 Å². The van der Waals surface area contributed by atoms with Crippen molar-refractivity contribution in [1.82, 2.24) is 10.5 Å². The van der Waals surface area contributed by atoms with Crippen molar-refractivity contribution >= 4 is 29.4 Å². The average Bonchev–Trinajstić information content (AvgIpc) is 3.13. The van der Waals surface area contributed by atoms with E-state index in [0.717, 1.165) is 6.42 Å². The molecule has 6 nitrogen and oxygen atoms in total. The molecular weight excluding hydrogens is 350 g/mol. The summed E-state index contributed by atoms with van der Waals surface area (Å²) in [6, 6.07) is 1.91. The molecule has 7 heteroatoms. The van der Waals surface area contributed by atoms with Crippen LogP contribution in [0.4, 0.5) is 5.82 Å². The summed E-state index contributed by atoms with van der Waals surface area (Å²) in [7, 11) is 0. The molecule has 0 unspecified atom stereocenters. The van der Waals surface area contributed by atoms with Crippen LogP contribution in [0.2, 0.25) is 0 Å². The third-order valence-corrected chi connectivity index (χ3v) is 7.99. The molecule has 0 aliphatic heterocycles. The molecule has 4 atom stereocenters. The summed E-state index contributed by atoms with van der Waals surface area (Å²) in [6.07, 6.45) is 3.52. The highest BCUT2D eigenvalue weighted by atomic mass is 32.2. The smallest absolute Gasteiger partial charge is 0.238 e. The van der Waals surface area contributed by atoms with Gasteiger partial charge in [-0.1, -0.05) is 25.9 Å². The minimum Gasteiger partial charge on any atom is -0.360 e. The highest BCUT2D eigenvalue weighted by Gasteiger charge is 2.61. The lowest BCUT2D eigenvalue weighted by Crippen LogP contribution is -2.47. The van der Waals surface area contributed by atoms with Crippen LogP contribution in [0.3, 0.4) is 0 Å². The lowest BCUT2D eigenvalue weighted by atomic mass is 9.69. The molecule has 0 aromatic carbocycles. The van der Waals surface area contributed by atoms with E-state index < -0.39 is 0 Å². The number of aromatic nitrogens is 1. The topological polar surface area (TPSA) is 84.2 Å². The summed E-state index contributed by atoms with van der Waals surface area (Å²) in [5.74, 6) is 1.86.